The van der Waals surface area contributed by atoms with Crippen LogP contribution in [-0.2, 0) is 28.5 Å². The topological polar surface area (TPSA) is 83.5 Å². The van der Waals surface area contributed by atoms with Crippen LogP contribution in [0.3, 0.4) is 0 Å². The van der Waals surface area contributed by atoms with Gasteiger partial charge in [0.25, 0.3) is 0 Å². The molecule has 132 valence electrons. The number of cyclic esters (lactones) is 1. The molecule has 0 amide bonds. The van der Waals surface area contributed by atoms with Crippen LogP contribution in [-0.4, -0.2) is 62.8 Å². The number of esters is 1. The Labute approximate surface area is 136 Å². The number of carbonyl (C=O) groups is 1. The van der Waals surface area contributed by atoms with Crippen molar-refractivity contribution in [1.82, 2.24) is 0 Å². The zero-order chi connectivity index (χ0) is 16.2. The van der Waals surface area contributed by atoms with Crippen molar-refractivity contribution in [2.75, 3.05) is 27.1 Å². The van der Waals surface area contributed by atoms with Crippen molar-refractivity contribution in [1.29, 1.82) is 0 Å². The maximum absolute atomic E-state index is 11.6. The minimum atomic E-state index is -0.548. The largest absolute Gasteiger partial charge is 0.438 e. The van der Waals surface area contributed by atoms with Crippen LogP contribution in [0.4, 0.5) is 0 Å². The van der Waals surface area contributed by atoms with Crippen LogP contribution < -0.4 is 0 Å². The molecule has 0 spiro atoms. The second-order valence-corrected chi connectivity index (χ2v) is 6.47. The van der Waals surface area contributed by atoms with Crippen LogP contribution in [0.1, 0.15) is 32.1 Å². The molecule has 3 rings (SSSR count). The summed E-state index contributed by atoms with van der Waals surface area (Å²) in [5, 5.41) is 10.5. The van der Waals surface area contributed by atoms with E-state index in [2.05, 4.69) is 0 Å². The first-order valence-electron chi connectivity index (χ1n) is 8.40. The Balaban J connectivity index is 1.73. The first kappa shape index (κ1) is 17.1. The molecule has 3 aliphatic rings. The van der Waals surface area contributed by atoms with E-state index in [0.29, 0.717) is 26.1 Å². The number of carbonyl (C=O) groups excluding carboxylic acids is 1. The summed E-state index contributed by atoms with van der Waals surface area (Å²) < 4.78 is 27.7. The zero-order valence-corrected chi connectivity index (χ0v) is 13.5. The number of aliphatic hydroxyl groups is 1. The molecule has 2 saturated heterocycles. The van der Waals surface area contributed by atoms with Crippen LogP contribution >= 0.6 is 0 Å². The molecule has 1 aliphatic carbocycles. The third-order valence-electron chi connectivity index (χ3n) is 5.11. The molecule has 0 aromatic carbocycles. The molecular formula is C16H26O7. The van der Waals surface area contributed by atoms with Crippen molar-refractivity contribution in [3.63, 3.8) is 0 Å². The lowest BCUT2D eigenvalue weighted by atomic mass is 9.88. The van der Waals surface area contributed by atoms with E-state index in [1.165, 1.54) is 0 Å². The van der Waals surface area contributed by atoms with E-state index in [9.17, 15) is 9.90 Å². The minimum absolute atomic E-state index is 0.0876. The number of aliphatic hydroxyl groups excluding tert-OH is 1. The molecule has 7 heteroatoms. The summed E-state index contributed by atoms with van der Waals surface area (Å²) in [6.07, 6.45) is 2.05. The average Bonchev–Trinajstić information content (AvgIpc) is 2.89. The summed E-state index contributed by atoms with van der Waals surface area (Å²) in [5.41, 5.74) is 0. The average molecular weight is 330 g/mol. The third kappa shape index (κ3) is 4.03. The van der Waals surface area contributed by atoms with Crippen LogP contribution in [0.25, 0.3) is 0 Å². The first-order valence-corrected chi connectivity index (χ1v) is 8.40. The second kappa shape index (κ2) is 7.90. The molecule has 1 unspecified atom stereocenters. The molecule has 23 heavy (non-hydrogen) atoms. The lowest BCUT2D eigenvalue weighted by Gasteiger charge is -2.33. The van der Waals surface area contributed by atoms with Crippen LogP contribution in [0, 0.1) is 11.8 Å². The smallest absolute Gasteiger partial charge is 0.307 e. The van der Waals surface area contributed by atoms with Gasteiger partial charge in [0, 0.05) is 39.1 Å². The highest BCUT2D eigenvalue weighted by Gasteiger charge is 2.49. The summed E-state index contributed by atoms with van der Waals surface area (Å²) in [7, 11) is 1.57. The molecule has 3 fully saturated rings. The van der Waals surface area contributed by atoms with Gasteiger partial charge in [0.15, 0.2) is 13.1 Å². The fraction of sp³-hybridized carbons (Fsp3) is 0.938. The van der Waals surface area contributed by atoms with Crippen molar-refractivity contribution < 1.29 is 33.6 Å². The number of ether oxygens (including phenoxy) is 5. The van der Waals surface area contributed by atoms with Gasteiger partial charge >= 0.3 is 5.97 Å². The van der Waals surface area contributed by atoms with E-state index in [-0.39, 0.29) is 43.2 Å². The number of rotatable bonds is 3. The fourth-order valence-electron chi connectivity index (χ4n) is 3.93. The first-order chi connectivity index (χ1) is 11.2. The van der Waals surface area contributed by atoms with Gasteiger partial charge in [-0.2, -0.15) is 0 Å². The van der Waals surface area contributed by atoms with Gasteiger partial charge in [0.05, 0.1) is 18.3 Å². The molecule has 2 heterocycles. The monoisotopic (exact) mass is 330 g/mol. The minimum Gasteiger partial charge on any atom is -0.438 e. The second-order valence-electron chi connectivity index (χ2n) is 6.47. The van der Waals surface area contributed by atoms with Crippen LogP contribution in [0.15, 0.2) is 0 Å². The Hall–Kier alpha value is -0.730. The summed E-state index contributed by atoms with van der Waals surface area (Å²) in [5.74, 6) is -0.496. The number of hydrogen-bond donors (Lipinski definition) is 1. The van der Waals surface area contributed by atoms with E-state index >= 15 is 0 Å². The third-order valence-corrected chi connectivity index (χ3v) is 5.11. The van der Waals surface area contributed by atoms with Crippen molar-refractivity contribution in [3.05, 3.63) is 0 Å². The van der Waals surface area contributed by atoms with Gasteiger partial charge in [-0.05, 0) is 25.2 Å². The van der Waals surface area contributed by atoms with E-state index in [4.69, 9.17) is 23.7 Å². The maximum atomic E-state index is 11.6. The standard InChI is InChI=1S/C16H26O7/c1-19-16-15-11(2-3-14(18)21-9-22-16)12(17)8-13(15)23-10-4-6-20-7-5-10/h10-13,15-17H,2-9H2,1H3/t11-,12-,13+,15-,16?/m0/s1. The van der Waals surface area contributed by atoms with Crippen molar-refractivity contribution >= 4 is 5.97 Å². The van der Waals surface area contributed by atoms with Gasteiger partial charge in [0.1, 0.15) is 0 Å². The number of fused-ring (bicyclic) bond motifs is 1. The lowest BCUT2D eigenvalue weighted by molar-refractivity contribution is -0.226. The van der Waals surface area contributed by atoms with Crippen LogP contribution in [0.5, 0.6) is 0 Å². The summed E-state index contributed by atoms with van der Waals surface area (Å²) >= 11 is 0. The van der Waals surface area contributed by atoms with Gasteiger partial charge in [-0.25, -0.2) is 0 Å². The zero-order valence-electron chi connectivity index (χ0n) is 13.5. The fourth-order valence-corrected chi connectivity index (χ4v) is 3.93. The van der Waals surface area contributed by atoms with Gasteiger partial charge in [-0.15, -0.1) is 0 Å². The Kier molecular flexibility index (Phi) is 5.87. The van der Waals surface area contributed by atoms with Gasteiger partial charge in [-0.1, -0.05) is 0 Å². The summed E-state index contributed by atoms with van der Waals surface area (Å²) in [6.45, 7) is 1.29. The molecule has 1 saturated carbocycles. The Morgan fingerprint density at radius 1 is 1.22 bits per heavy atom. The highest BCUT2D eigenvalue weighted by atomic mass is 16.8. The highest BCUT2D eigenvalue weighted by Crippen LogP contribution is 2.42. The van der Waals surface area contributed by atoms with Crippen molar-refractivity contribution in [2.45, 2.75) is 56.7 Å². The number of methoxy groups -OCH3 is 1. The molecule has 0 radical (unpaired) electrons. The van der Waals surface area contributed by atoms with Gasteiger partial charge < -0.3 is 28.8 Å². The molecule has 0 aromatic heterocycles. The van der Waals surface area contributed by atoms with Crippen LogP contribution in [0.2, 0.25) is 0 Å². The molecule has 7 nitrogen and oxygen atoms in total. The molecular weight excluding hydrogens is 304 g/mol. The Bertz CT molecular complexity index is 396. The van der Waals surface area contributed by atoms with Crippen molar-refractivity contribution in [3.8, 4) is 0 Å². The predicted octanol–water partition coefficient (Wildman–Crippen LogP) is 0.831. The molecule has 2 aliphatic heterocycles. The molecule has 0 aromatic rings. The SMILES string of the molecule is COC1OCOC(=O)CC[C@@H]2[C@H]1[C@H](OC1CCOCC1)C[C@@H]2O. The predicted molar refractivity (Wildman–Crippen MR) is 78.4 cm³/mol. The summed E-state index contributed by atoms with van der Waals surface area (Å²) in [6, 6.07) is 0. The normalized spacial score (nSPS) is 39.9. The summed E-state index contributed by atoms with van der Waals surface area (Å²) in [4.78, 5) is 11.6. The quantitative estimate of drug-likeness (QED) is 0.767. The Morgan fingerprint density at radius 3 is 2.74 bits per heavy atom. The van der Waals surface area contributed by atoms with Gasteiger partial charge in [-0.3, -0.25) is 4.79 Å². The van der Waals surface area contributed by atoms with Crippen molar-refractivity contribution in [2.24, 2.45) is 11.8 Å². The van der Waals surface area contributed by atoms with E-state index < -0.39 is 12.4 Å². The Morgan fingerprint density at radius 2 is 2.00 bits per heavy atom. The molecule has 1 N–H and O–H groups in total. The maximum Gasteiger partial charge on any atom is 0.307 e. The van der Waals surface area contributed by atoms with Gasteiger partial charge in [0.2, 0.25) is 0 Å². The van der Waals surface area contributed by atoms with E-state index in [1.807, 2.05) is 0 Å². The van der Waals surface area contributed by atoms with E-state index in [1.54, 1.807) is 7.11 Å². The number of hydrogen-bond acceptors (Lipinski definition) is 7. The highest BCUT2D eigenvalue weighted by molar-refractivity contribution is 5.69. The van der Waals surface area contributed by atoms with E-state index in [0.717, 1.165) is 12.8 Å². The molecule has 5 atom stereocenters. The lowest BCUT2D eigenvalue weighted by Crippen LogP contribution is -2.40. The molecule has 0 bridgehead atoms.